The molecule has 0 aliphatic heterocycles. The highest BCUT2D eigenvalue weighted by Gasteiger charge is 2.42. The number of nitrogens with two attached hydrogens (primary N) is 1. The zero-order valence-electron chi connectivity index (χ0n) is 5.51. The van der Waals surface area contributed by atoms with Gasteiger partial charge >= 0.3 is 0 Å². The van der Waals surface area contributed by atoms with Crippen LogP contribution < -0.4 is 5.73 Å². The monoisotopic (exact) mass is 167 g/mol. The largest absolute Gasteiger partial charge is 0.324 e. The van der Waals surface area contributed by atoms with Crippen LogP contribution in [0.5, 0.6) is 0 Å². The standard InChI is InChI=1S/C5H10FNO2S/c6-4-10(8,9)3-5(7)1-2-5/h1-4,7H2. The van der Waals surface area contributed by atoms with Crippen LogP contribution in [0.25, 0.3) is 0 Å². The summed E-state index contributed by atoms with van der Waals surface area (Å²) in [5, 5.41) is 0. The Kier molecular flexibility index (Phi) is 1.72. The van der Waals surface area contributed by atoms with Crippen molar-refractivity contribution < 1.29 is 12.8 Å². The highest BCUT2D eigenvalue weighted by Crippen LogP contribution is 2.33. The predicted octanol–water partition coefficient (Wildman–Crippen LogP) is -0.181. The Labute approximate surface area is 59.3 Å². The van der Waals surface area contributed by atoms with Gasteiger partial charge < -0.3 is 5.73 Å². The Morgan fingerprint density at radius 3 is 2.30 bits per heavy atom. The second kappa shape index (κ2) is 2.17. The molecule has 10 heavy (non-hydrogen) atoms. The number of hydrogen-bond acceptors (Lipinski definition) is 3. The highest BCUT2D eigenvalue weighted by atomic mass is 32.2. The highest BCUT2D eigenvalue weighted by molar-refractivity contribution is 7.91. The average Bonchev–Trinajstić information content (AvgIpc) is 2.47. The van der Waals surface area contributed by atoms with E-state index in [0.717, 1.165) is 0 Å². The molecule has 0 aromatic carbocycles. The van der Waals surface area contributed by atoms with Crippen LogP contribution in [0, 0.1) is 0 Å². The van der Waals surface area contributed by atoms with Crippen molar-refractivity contribution in [1.82, 2.24) is 0 Å². The second-order valence-corrected chi connectivity index (χ2v) is 4.85. The molecule has 2 N–H and O–H groups in total. The van der Waals surface area contributed by atoms with Crippen molar-refractivity contribution in [3.8, 4) is 0 Å². The van der Waals surface area contributed by atoms with Crippen LogP contribution in [-0.4, -0.2) is 25.7 Å². The van der Waals surface area contributed by atoms with Gasteiger partial charge in [-0.05, 0) is 12.8 Å². The van der Waals surface area contributed by atoms with E-state index in [4.69, 9.17) is 5.73 Å². The Bertz CT molecular complexity index is 220. The fourth-order valence-electron chi connectivity index (χ4n) is 0.781. The minimum Gasteiger partial charge on any atom is -0.324 e. The molecule has 0 amide bonds. The van der Waals surface area contributed by atoms with Gasteiger partial charge in [0.1, 0.15) is 0 Å². The summed E-state index contributed by atoms with van der Waals surface area (Å²) in [5.74, 6) is -0.198. The van der Waals surface area contributed by atoms with Crippen LogP contribution in [0.1, 0.15) is 12.8 Å². The quantitative estimate of drug-likeness (QED) is 0.634. The number of hydrogen-bond donors (Lipinski definition) is 1. The SMILES string of the molecule is NC1(CS(=O)(=O)CF)CC1. The maximum Gasteiger partial charge on any atom is 0.190 e. The lowest BCUT2D eigenvalue weighted by atomic mass is 10.4. The van der Waals surface area contributed by atoms with Gasteiger partial charge in [0.15, 0.2) is 15.8 Å². The smallest absolute Gasteiger partial charge is 0.190 e. The van der Waals surface area contributed by atoms with Crippen LogP contribution in [-0.2, 0) is 9.84 Å². The van der Waals surface area contributed by atoms with Gasteiger partial charge in [0.05, 0.1) is 5.75 Å². The van der Waals surface area contributed by atoms with Gasteiger partial charge in [-0.15, -0.1) is 0 Å². The van der Waals surface area contributed by atoms with Crippen LogP contribution in [0.15, 0.2) is 0 Å². The summed E-state index contributed by atoms with van der Waals surface area (Å²) in [6.45, 7) is 0. The summed E-state index contributed by atoms with van der Waals surface area (Å²) in [4.78, 5) is 0. The molecule has 1 fully saturated rings. The van der Waals surface area contributed by atoms with Crippen molar-refractivity contribution in [2.75, 3.05) is 11.8 Å². The molecular formula is C5H10FNO2S. The molecule has 3 nitrogen and oxygen atoms in total. The fourth-order valence-corrected chi connectivity index (χ4v) is 2.02. The maximum absolute atomic E-state index is 11.7. The lowest BCUT2D eigenvalue weighted by Gasteiger charge is -2.05. The van der Waals surface area contributed by atoms with E-state index in [-0.39, 0.29) is 5.75 Å². The van der Waals surface area contributed by atoms with E-state index in [1.165, 1.54) is 0 Å². The van der Waals surface area contributed by atoms with E-state index < -0.39 is 21.4 Å². The third kappa shape index (κ3) is 1.91. The normalized spacial score (nSPS) is 22.6. The van der Waals surface area contributed by atoms with E-state index in [1.54, 1.807) is 0 Å². The molecule has 1 aliphatic rings. The van der Waals surface area contributed by atoms with Crippen molar-refractivity contribution >= 4 is 9.84 Å². The predicted molar refractivity (Wildman–Crippen MR) is 35.9 cm³/mol. The average molecular weight is 167 g/mol. The topological polar surface area (TPSA) is 60.2 Å². The van der Waals surface area contributed by atoms with Crippen molar-refractivity contribution in [2.24, 2.45) is 5.73 Å². The molecule has 0 bridgehead atoms. The van der Waals surface area contributed by atoms with Gasteiger partial charge in [-0.25, -0.2) is 12.8 Å². The molecule has 0 spiro atoms. The summed E-state index contributed by atoms with van der Waals surface area (Å²) in [7, 11) is -3.51. The summed E-state index contributed by atoms with van der Waals surface area (Å²) in [6, 6.07) is -1.29. The molecule has 0 aromatic heterocycles. The van der Waals surface area contributed by atoms with Gasteiger partial charge in [0, 0.05) is 5.54 Å². The first-order valence-corrected chi connectivity index (χ1v) is 4.85. The number of sulfone groups is 1. The first-order chi connectivity index (χ1) is 4.47. The Balaban J connectivity index is 2.53. The molecule has 0 heterocycles. The van der Waals surface area contributed by atoms with Crippen molar-refractivity contribution in [2.45, 2.75) is 18.4 Å². The fraction of sp³-hybridized carbons (Fsp3) is 1.00. The molecule has 1 rings (SSSR count). The van der Waals surface area contributed by atoms with E-state index in [0.29, 0.717) is 12.8 Å². The van der Waals surface area contributed by atoms with E-state index >= 15 is 0 Å². The molecule has 60 valence electrons. The Morgan fingerprint density at radius 2 is 2.00 bits per heavy atom. The van der Waals surface area contributed by atoms with E-state index in [1.807, 2.05) is 0 Å². The summed E-state index contributed by atoms with van der Waals surface area (Å²) >= 11 is 0. The molecule has 0 aromatic rings. The van der Waals surface area contributed by atoms with Gasteiger partial charge in [0.2, 0.25) is 0 Å². The molecule has 0 saturated heterocycles. The first kappa shape index (κ1) is 7.94. The lowest BCUT2D eigenvalue weighted by Crippen LogP contribution is -2.32. The third-order valence-corrected chi connectivity index (χ3v) is 2.91. The Hall–Kier alpha value is -0.160. The minimum absolute atomic E-state index is 0.198. The lowest BCUT2D eigenvalue weighted by molar-refractivity contribution is 0.528. The molecule has 0 radical (unpaired) electrons. The second-order valence-electron chi connectivity index (χ2n) is 2.86. The number of halogens is 1. The zero-order chi connectivity index (χ0) is 7.83. The molecule has 5 heteroatoms. The van der Waals surface area contributed by atoms with Gasteiger partial charge in [-0.2, -0.15) is 0 Å². The van der Waals surface area contributed by atoms with E-state index in [9.17, 15) is 12.8 Å². The Morgan fingerprint density at radius 1 is 1.50 bits per heavy atom. The minimum atomic E-state index is -3.51. The number of alkyl halides is 1. The van der Waals surface area contributed by atoms with E-state index in [2.05, 4.69) is 0 Å². The summed E-state index contributed by atoms with van der Waals surface area (Å²) in [6.07, 6.45) is 1.40. The molecule has 1 aliphatic carbocycles. The maximum atomic E-state index is 11.7. The van der Waals surface area contributed by atoms with Crippen LogP contribution >= 0.6 is 0 Å². The third-order valence-electron chi connectivity index (χ3n) is 1.57. The summed E-state index contributed by atoms with van der Waals surface area (Å²) in [5.41, 5.74) is 4.87. The van der Waals surface area contributed by atoms with Crippen molar-refractivity contribution in [1.29, 1.82) is 0 Å². The molecule has 0 unspecified atom stereocenters. The van der Waals surface area contributed by atoms with Gasteiger partial charge in [0.25, 0.3) is 0 Å². The van der Waals surface area contributed by atoms with Crippen molar-refractivity contribution in [3.63, 3.8) is 0 Å². The van der Waals surface area contributed by atoms with Gasteiger partial charge in [-0.3, -0.25) is 0 Å². The first-order valence-electron chi connectivity index (χ1n) is 3.03. The number of rotatable bonds is 3. The zero-order valence-corrected chi connectivity index (χ0v) is 6.32. The molecular weight excluding hydrogens is 157 g/mol. The van der Waals surface area contributed by atoms with Crippen LogP contribution in [0.4, 0.5) is 4.39 Å². The van der Waals surface area contributed by atoms with Crippen molar-refractivity contribution in [3.05, 3.63) is 0 Å². The van der Waals surface area contributed by atoms with Crippen LogP contribution in [0.3, 0.4) is 0 Å². The molecule has 1 saturated carbocycles. The van der Waals surface area contributed by atoms with Gasteiger partial charge in [-0.1, -0.05) is 0 Å². The summed E-state index contributed by atoms with van der Waals surface area (Å²) < 4.78 is 32.9. The van der Waals surface area contributed by atoms with Crippen LogP contribution in [0.2, 0.25) is 0 Å². The molecule has 0 atom stereocenters.